The maximum atomic E-state index is 11.0. The van der Waals surface area contributed by atoms with Gasteiger partial charge in [0.1, 0.15) is 11.9 Å². The number of fused-ring (bicyclic) bond motifs is 1. The van der Waals surface area contributed by atoms with Crippen LogP contribution in [0.25, 0.3) is 22.7 Å². The molecule has 1 unspecified atom stereocenters. The minimum absolute atomic E-state index is 0.312. The number of aryl methyl sites for hydroxylation is 1. The molecule has 3 rings (SSSR count). The number of carboxylic acids is 1. The lowest BCUT2D eigenvalue weighted by Crippen LogP contribution is -2.23. The number of benzene rings is 2. The summed E-state index contributed by atoms with van der Waals surface area (Å²) in [6.45, 7) is 3.43. The minimum atomic E-state index is -1.07. The number of carbonyl (C=O) groups is 1. The zero-order valence-electron chi connectivity index (χ0n) is 15.7. The van der Waals surface area contributed by atoms with Crippen LogP contribution in [0.15, 0.2) is 36.4 Å². The average Bonchev–Trinajstić information content (AvgIpc) is 3.09. The molecule has 2 aromatic carbocycles. The van der Waals surface area contributed by atoms with Crippen molar-refractivity contribution in [2.24, 2.45) is 0 Å². The van der Waals surface area contributed by atoms with Crippen LogP contribution >= 0.6 is 0 Å². The molecule has 7 nitrogen and oxygen atoms in total. The Morgan fingerprint density at radius 2 is 2.07 bits per heavy atom. The zero-order chi connectivity index (χ0) is 20.3. The highest BCUT2D eigenvalue weighted by Crippen LogP contribution is 2.30. The minimum Gasteiger partial charge on any atom is -0.493 e. The third-order valence-corrected chi connectivity index (χ3v) is 4.16. The summed E-state index contributed by atoms with van der Waals surface area (Å²) in [5, 5.41) is 18.6. The molecule has 0 amide bonds. The number of hydrogen-bond donors (Lipinski definition) is 2. The number of aliphatic carboxylic acids is 1. The van der Waals surface area contributed by atoms with Gasteiger partial charge in [0.15, 0.2) is 17.6 Å². The molecule has 2 N–H and O–H groups in total. The molecule has 0 saturated heterocycles. The SMILES string of the molecule is COc1cc(/C=C(/C#N)c2nc3ccc(C)cc3[nH]2)ccc1OC(C)C(=O)O. The Kier molecular flexibility index (Phi) is 5.32. The van der Waals surface area contributed by atoms with Crippen molar-refractivity contribution in [1.29, 1.82) is 5.26 Å². The molecular formula is C21H19N3O4. The van der Waals surface area contributed by atoms with Gasteiger partial charge in [-0.25, -0.2) is 9.78 Å². The zero-order valence-corrected chi connectivity index (χ0v) is 15.7. The smallest absolute Gasteiger partial charge is 0.344 e. The Labute approximate surface area is 161 Å². The van der Waals surface area contributed by atoms with Crippen LogP contribution in [0.2, 0.25) is 0 Å². The number of hydrogen-bond acceptors (Lipinski definition) is 5. The number of aromatic nitrogens is 2. The number of nitrogens with zero attached hydrogens (tertiary/aromatic N) is 2. The molecule has 1 heterocycles. The standard InChI is InChI=1S/C21H19N3O4/c1-12-4-6-16-17(8-12)24-20(23-16)15(11-22)9-14-5-7-18(19(10-14)27-3)28-13(2)21(25)26/h4-10,13H,1-3H3,(H,23,24)(H,25,26)/b15-9-. The number of carboxylic acid groups (broad SMARTS) is 1. The van der Waals surface area contributed by atoms with Crippen LogP contribution in [0.4, 0.5) is 0 Å². The number of imidazole rings is 1. The van der Waals surface area contributed by atoms with E-state index in [0.717, 1.165) is 16.6 Å². The van der Waals surface area contributed by atoms with E-state index in [1.165, 1.54) is 14.0 Å². The van der Waals surface area contributed by atoms with E-state index in [1.807, 2.05) is 25.1 Å². The number of nitriles is 1. The Balaban J connectivity index is 1.95. The van der Waals surface area contributed by atoms with Crippen LogP contribution in [0, 0.1) is 18.3 Å². The number of aromatic amines is 1. The number of nitrogens with one attached hydrogen (secondary N) is 1. The number of ether oxygens (including phenoxy) is 2. The van der Waals surface area contributed by atoms with Crippen molar-refractivity contribution < 1.29 is 19.4 Å². The predicted octanol–water partition coefficient (Wildman–Crippen LogP) is 3.80. The Hall–Kier alpha value is -3.79. The summed E-state index contributed by atoms with van der Waals surface area (Å²) in [5.74, 6) is 0.0893. The molecule has 0 aliphatic rings. The van der Waals surface area contributed by atoms with E-state index in [0.29, 0.717) is 28.5 Å². The van der Waals surface area contributed by atoms with Gasteiger partial charge in [-0.1, -0.05) is 12.1 Å². The molecule has 0 aliphatic heterocycles. The summed E-state index contributed by atoms with van der Waals surface area (Å²) in [7, 11) is 1.47. The summed E-state index contributed by atoms with van der Waals surface area (Å²) in [5.41, 5.74) is 3.80. The van der Waals surface area contributed by atoms with Crippen LogP contribution in [0.3, 0.4) is 0 Å². The first-order valence-corrected chi connectivity index (χ1v) is 8.57. The molecule has 0 fully saturated rings. The summed E-state index contributed by atoms with van der Waals surface area (Å²) in [6, 6.07) is 13.0. The van der Waals surface area contributed by atoms with Crippen molar-refractivity contribution in [3.63, 3.8) is 0 Å². The number of rotatable bonds is 6. The van der Waals surface area contributed by atoms with Crippen molar-refractivity contribution >= 4 is 28.7 Å². The number of H-pyrrole nitrogens is 1. The summed E-state index contributed by atoms with van der Waals surface area (Å²) < 4.78 is 10.7. The lowest BCUT2D eigenvalue weighted by atomic mass is 10.1. The van der Waals surface area contributed by atoms with Crippen LogP contribution in [-0.4, -0.2) is 34.3 Å². The summed E-state index contributed by atoms with van der Waals surface area (Å²) in [4.78, 5) is 18.6. The first-order chi connectivity index (χ1) is 13.4. The van der Waals surface area contributed by atoms with E-state index in [2.05, 4.69) is 16.0 Å². The fourth-order valence-electron chi connectivity index (χ4n) is 2.68. The topological polar surface area (TPSA) is 108 Å². The van der Waals surface area contributed by atoms with Crippen molar-refractivity contribution in [1.82, 2.24) is 9.97 Å². The molecule has 28 heavy (non-hydrogen) atoms. The van der Waals surface area contributed by atoms with Gasteiger partial charge in [0.2, 0.25) is 0 Å². The van der Waals surface area contributed by atoms with Gasteiger partial charge in [-0.3, -0.25) is 0 Å². The largest absolute Gasteiger partial charge is 0.493 e. The second-order valence-electron chi connectivity index (χ2n) is 6.28. The van der Waals surface area contributed by atoms with E-state index in [4.69, 9.17) is 14.6 Å². The first kappa shape index (κ1) is 19.0. The fourth-order valence-corrected chi connectivity index (χ4v) is 2.68. The number of allylic oxidation sites excluding steroid dienone is 1. The average molecular weight is 377 g/mol. The maximum absolute atomic E-state index is 11.0. The Morgan fingerprint density at radius 1 is 1.29 bits per heavy atom. The normalized spacial score (nSPS) is 12.4. The second kappa shape index (κ2) is 7.84. The van der Waals surface area contributed by atoms with Gasteiger partial charge in [-0.2, -0.15) is 5.26 Å². The molecule has 0 bridgehead atoms. The van der Waals surface area contributed by atoms with Crippen molar-refractivity contribution in [3.05, 3.63) is 53.3 Å². The van der Waals surface area contributed by atoms with Gasteiger partial charge in [-0.15, -0.1) is 0 Å². The molecule has 0 spiro atoms. The van der Waals surface area contributed by atoms with Crippen molar-refractivity contribution in [2.75, 3.05) is 7.11 Å². The highest BCUT2D eigenvalue weighted by molar-refractivity contribution is 5.90. The lowest BCUT2D eigenvalue weighted by Gasteiger charge is -2.14. The van der Waals surface area contributed by atoms with Crippen LogP contribution in [-0.2, 0) is 4.79 Å². The van der Waals surface area contributed by atoms with Crippen LogP contribution in [0.5, 0.6) is 11.5 Å². The Bertz CT molecular complexity index is 1110. The molecular weight excluding hydrogens is 358 g/mol. The highest BCUT2D eigenvalue weighted by Gasteiger charge is 2.16. The first-order valence-electron chi connectivity index (χ1n) is 8.57. The Morgan fingerprint density at radius 3 is 2.75 bits per heavy atom. The van der Waals surface area contributed by atoms with E-state index >= 15 is 0 Å². The highest BCUT2D eigenvalue weighted by atomic mass is 16.5. The van der Waals surface area contributed by atoms with Crippen LogP contribution in [0.1, 0.15) is 23.9 Å². The second-order valence-corrected chi connectivity index (χ2v) is 6.28. The van der Waals surface area contributed by atoms with Crippen LogP contribution < -0.4 is 9.47 Å². The van der Waals surface area contributed by atoms with Gasteiger partial charge in [0, 0.05) is 0 Å². The molecule has 0 aliphatic carbocycles. The molecule has 142 valence electrons. The van der Waals surface area contributed by atoms with Gasteiger partial charge in [0.25, 0.3) is 0 Å². The quantitative estimate of drug-likeness (QED) is 0.633. The van der Waals surface area contributed by atoms with E-state index < -0.39 is 12.1 Å². The summed E-state index contributed by atoms with van der Waals surface area (Å²) in [6.07, 6.45) is 0.668. The molecule has 3 aromatic rings. The van der Waals surface area contributed by atoms with Gasteiger partial charge in [-0.05, 0) is 55.3 Å². The van der Waals surface area contributed by atoms with E-state index in [1.54, 1.807) is 24.3 Å². The molecule has 0 radical (unpaired) electrons. The molecule has 1 atom stereocenters. The van der Waals surface area contributed by atoms with Gasteiger partial charge in [0.05, 0.1) is 23.7 Å². The van der Waals surface area contributed by atoms with Gasteiger partial charge >= 0.3 is 5.97 Å². The summed E-state index contributed by atoms with van der Waals surface area (Å²) >= 11 is 0. The number of methoxy groups -OCH3 is 1. The van der Waals surface area contributed by atoms with Gasteiger partial charge < -0.3 is 19.6 Å². The fraction of sp³-hybridized carbons (Fsp3) is 0.190. The molecule has 0 saturated carbocycles. The maximum Gasteiger partial charge on any atom is 0.344 e. The molecule has 1 aromatic heterocycles. The third kappa shape index (κ3) is 3.96. The lowest BCUT2D eigenvalue weighted by molar-refractivity contribution is -0.144. The molecule has 7 heteroatoms. The third-order valence-electron chi connectivity index (χ3n) is 4.16. The van der Waals surface area contributed by atoms with Crippen molar-refractivity contribution in [3.8, 4) is 17.6 Å². The predicted molar refractivity (Wildman–Crippen MR) is 105 cm³/mol. The monoisotopic (exact) mass is 377 g/mol. The van der Waals surface area contributed by atoms with E-state index in [9.17, 15) is 10.1 Å². The van der Waals surface area contributed by atoms with Crippen molar-refractivity contribution in [2.45, 2.75) is 20.0 Å². The van der Waals surface area contributed by atoms with E-state index in [-0.39, 0.29) is 0 Å².